The third-order valence-corrected chi connectivity index (χ3v) is 5.13. The van der Waals surface area contributed by atoms with Crippen molar-refractivity contribution in [2.24, 2.45) is 0 Å². The van der Waals surface area contributed by atoms with Crippen molar-refractivity contribution in [1.29, 1.82) is 0 Å². The van der Waals surface area contributed by atoms with Gasteiger partial charge in [0.15, 0.2) is 0 Å². The standard InChI is InChI=1S/C25H23N3O4/c1-17-20-6-2-5-9-23(20)32-25(17)28(16-29)14-15-31-19-12-10-18(11-13-19)24(30)27-22-8-4-3-7-21(22)26/h2-13,16H,14-15,26H2,1H3,(H,27,30). The minimum absolute atomic E-state index is 0.262. The quantitative estimate of drug-likeness (QED) is 0.315. The fraction of sp³-hybridized carbons (Fsp3) is 0.120. The lowest BCUT2D eigenvalue weighted by Gasteiger charge is -2.16. The number of nitrogen functional groups attached to an aromatic ring is 1. The topological polar surface area (TPSA) is 97.8 Å². The van der Waals surface area contributed by atoms with E-state index in [4.69, 9.17) is 14.9 Å². The van der Waals surface area contributed by atoms with Gasteiger partial charge >= 0.3 is 0 Å². The van der Waals surface area contributed by atoms with Crippen molar-refractivity contribution in [3.8, 4) is 5.75 Å². The highest BCUT2D eigenvalue weighted by molar-refractivity contribution is 6.05. The van der Waals surface area contributed by atoms with Gasteiger partial charge < -0.3 is 20.2 Å². The molecule has 0 saturated heterocycles. The second kappa shape index (κ2) is 9.26. The maximum atomic E-state index is 12.4. The number of nitrogens with two attached hydrogens (primary N) is 1. The summed E-state index contributed by atoms with van der Waals surface area (Å²) in [5, 5.41) is 3.76. The predicted molar refractivity (Wildman–Crippen MR) is 125 cm³/mol. The van der Waals surface area contributed by atoms with Gasteiger partial charge in [-0.2, -0.15) is 0 Å². The van der Waals surface area contributed by atoms with Crippen LogP contribution < -0.4 is 20.7 Å². The molecular formula is C25H23N3O4. The number of benzene rings is 3. The highest BCUT2D eigenvalue weighted by Gasteiger charge is 2.16. The van der Waals surface area contributed by atoms with Crippen LogP contribution in [0.2, 0.25) is 0 Å². The number of para-hydroxylation sites is 3. The molecule has 0 unspecified atom stereocenters. The third kappa shape index (κ3) is 4.41. The minimum atomic E-state index is -0.262. The minimum Gasteiger partial charge on any atom is -0.492 e. The van der Waals surface area contributed by atoms with Gasteiger partial charge in [-0.05, 0) is 49.4 Å². The summed E-state index contributed by atoms with van der Waals surface area (Å²) in [6.45, 7) is 2.51. The molecule has 4 rings (SSSR count). The lowest BCUT2D eigenvalue weighted by atomic mass is 10.2. The molecule has 0 saturated carbocycles. The fourth-order valence-electron chi connectivity index (χ4n) is 3.41. The average molecular weight is 429 g/mol. The van der Waals surface area contributed by atoms with Gasteiger partial charge in [0.05, 0.1) is 17.9 Å². The molecule has 0 aliphatic carbocycles. The summed E-state index contributed by atoms with van der Waals surface area (Å²) in [4.78, 5) is 25.5. The number of hydrogen-bond donors (Lipinski definition) is 2. The van der Waals surface area contributed by atoms with Gasteiger partial charge in [0.2, 0.25) is 12.3 Å². The molecule has 32 heavy (non-hydrogen) atoms. The number of rotatable bonds is 8. The van der Waals surface area contributed by atoms with E-state index in [1.165, 1.54) is 4.90 Å². The molecule has 7 nitrogen and oxygen atoms in total. The van der Waals surface area contributed by atoms with E-state index in [9.17, 15) is 9.59 Å². The Kier molecular flexibility index (Phi) is 6.07. The SMILES string of the molecule is Cc1c(N(C=O)CCOc2ccc(C(=O)Nc3ccccc3N)cc2)oc2ccccc12. The summed E-state index contributed by atoms with van der Waals surface area (Å²) >= 11 is 0. The van der Waals surface area contributed by atoms with Crippen molar-refractivity contribution in [2.45, 2.75) is 6.92 Å². The zero-order valence-electron chi connectivity index (χ0n) is 17.6. The van der Waals surface area contributed by atoms with Gasteiger partial charge in [-0.25, -0.2) is 0 Å². The van der Waals surface area contributed by atoms with Crippen LogP contribution in [0.4, 0.5) is 17.3 Å². The Bertz CT molecular complexity index is 1250. The number of ether oxygens (including phenoxy) is 1. The first kappa shape index (κ1) is 21.0. The normalized spacial score (nSPS) is 10.7. The van der Waals surface area contributed by atoms with Crippen LogP contribution >= 0.6 is 0 Å². The Hall–Kier alpha value is -4.26. The van der Waals surface area contributed by atoms with Crippen LogP contribution in [0.1, 0.15) is 15.9 Å². The van der Waals surface area contributed by atoms with Crippen molar-refractivity contribution in [3.63, 3.8) is 0 Å². The molecule has 4 aromatic rings. The van der Waals surface area contributed by atoms with Crippen LogP contribution in [0, 0.1) is 6.92 Å². The van der Waals surface area contributed by atoms with Crippen molar-refractivity contribution >= 4 is 40.5 Å². The highest BCUT2D eigenvalue weighted by Crippen LogP contribution is 2.31. The second-order valence-electron chi connectivity index (χ2n) is 7.24. The summed E-state index contributed by atoms with van der Waals surface area (Å²) < 4.78 is 11.6. The number of carbonyl (C=O) groups is 2. The van der Waals surface area contributed by atoms with Crippen LogP contribution in [0.25, 0.3) is 11.0 Å². The molecule has 0 fully saturated rings. The zero-order chi connectivity index (χ0) is 22.5. The third-order valence-electron chi connectivity index (χ3n) is 5.13. The summed E-state index contributed by atoms with van der Waals surface area (Å²) in [5.41, 5.74) is 9.05. The fourth-order valence-corrected chi connectivity index (χ4v) is 3.41. The predicted octanol–water partition coefficient (Wildman–Crippen LogP) is 4.62. The van der Waals surface area contributed by atoms with E-state index < -0.39 is 0 Å². The van der Waals surface area contributed by atoms with E-state index in [1.807, 2.05) is 31.2 Å². The Labute approximate surface area is 185 Å². The van der Waals surface area contributed by atoms with Crippen LogP contribution in [0.5, 0.6) is 5.75 Å². The first-order valence-electron chi connectivity index (χ1n) is 10.2. The van der Waals surface area contributed by atoms with Crippen LogP contribution in [-0.2, 0) is 4.79 Å². The lowest BCUT2D eigenvalue weighted by molar-refractivity contribution is -0.107. The first-order valence-corrected chi connectivity index (χ1v) is 10.2. The molecule has 0 radical (unpaired) electrons. The van der Waals surface area contributed by atoms with Crippen molar-refractivity contribution in [3.05, 3.63) is 83.9 Å². The molecule has 3 N–H and O–H groups in total. The Morgan fingerprint density at radius 2 is 1.78 bits per heavy atom. The molecule has 1 aromatic heterocycles. The number of nitrogens with zero attached hydrogens (tertiary/aromatic N) is 1. The number of fused-ring (bicyclic) bond motifs is 1. The molecule has 0 aliphatic rings. The van der Waals surface area contributed by atoms with Gasteiger partial charge in [0, 0.05) is 16.5 Å². The maximum absolute atomic E-state index is 12.4. The van der Waals surface area contributed by atoms with E-state index in [2.05, 4.69) is 5.32 Å². The number of aryl methyl sites for hydroxylation is 1. The summed E-state index contributed by atoms with van der Waals surface area (Å²) in [5.74, 6) is 0.840. The number of carbonyl (C=O) groups excluding carboxylic acids is 2. The van der Waals surface area contributed by atoms with Gasteiger partial charge in [0.1, 0.15) is 17.9 Å². The van der Waals surface area contributed by atoms with E-state index in [1.54, 1.807) is 48.5 Å². The molecular weight excluding hydrogens is 406 g/mol. The van der Waals surface area contributed by atoms with Gasteiger partial charge in [-0.1, -0.05) is 30.3 Å². The van der Waals surface area contributed by atoms with Crippen LogP contribution in [0.3, 0.4) is 0 Å². The summed E-state index contributed by atoms with van der Waals surface area (Å²) in [6.07, 6.45) is 0.733. The van der Waals surface area contributed by atoms with Crippen LogP contribution in [-0.4, -0.2) is 25.5 Å². The molecule has 162 valence electrons. The van der Waals surface area contributed by atoms with Crippen LogP contribution in [0.15, 0.2) is 77.2 Å². The van der Waals surface area contributed by atoms with Gasteiger partial charge in [-0.3, -0.25) is 14.5 Å². The monoisotopic (exact) mass is 429 g/mol. The highest BCUT2D eigenvalue weighted by atomic mass is 16.5. The first-order chi connectivity index (χ1) is 15.6. The molecule has 2 amide bonds. The van der Waals surface area contributed by atoms with E-state index >= 15 is 0 Å². The molecule has 0 bridgehead atoms. The molecule has 0 spiro atoms. The molecule has 0 aliphatic heterocycles. The summed E-state index contributed by atoms with van der Waals surface area (Å²) in [6, 6.07) is 21.5. The molecule has 7 heteroatoms. The van der Waals surface area contributed by atoms with Crippen molar-refractivity contribution in [1.82, 2.24) is 0 Å². The maximum Gasteiger partial charge on any atom is 0.255 e. The Balaban J connectivity index is 1.35. The van der Waals surface area contributed by atoms with E-state index in [0.29, 0.717) is 35.1 Å². The zero-order valence-corrected chi connectivity index (χ0v) is 17.6. The number of nitrogens with one attached hydrogen (secondary N) is 1. The smallest absolute Gasteiger partial charge is 0.255 e. The average Bonchev–Trinajstić information content (AvgIpc) is 3.15. The van der Waals surface area contributed by atoms with Crippen molar-refractivity contribution < 1.29 is 18.7 Å². The molecule has 1 heterocycles. The lowest BCUT2D eigenvalue weighted by Crippen LogP contribution is -2.27. The number of amides is 2. The van der Waals surface area contributed by atoms with Gasteiger partial charge in [-0.15, -0.1) is 0 Å². The van der Waals surface area contributed by atoms with E-state index in [0.717, 1.165) is 22.9 Å². The number of hydrogen-bond acceptors (Lipinski definition) is 5. The Morgan fingerprint density at radius 3 is 2.50 bits per heavy atom. The number of anilines is 3. The summed E-state index contributed by atoms with van der Waals surface area (Å²) in [7, 11) is 0. The van der Waals surface area contributed by atoms with Gasteiger partial charge in [0.25, 0.3) is 5.91 Å². The second-order valence-corrected chi connectivity index (χ2v) is 7.24. The molecule has 3 aromatic carbocycles. The molecule has 0 atom stereocenters. The number of furan rings is 1. The Morgan fingerprint density at radius 1 is 1.06 bits per heavy atom. The van der Waals surface area contributed by atoms with Crippen molar-refractivity contribution in [2.75, 3.05) is 29.1 Å². The largest absolute Gasteiger partial charge is 0.492 e. The van der Waals surface area contributed by atoms with E-state index in [-0.39, 0.29) is 12.5 Å².